The van der Waals surface area contributed by atoms with Gasteiger partial charge in [-0.2, -0.15) is 0 Å². The lowest BCUT2D eigenvalue weighted by Crippen LogP contribution is -2.32. The Morgan fingerprint density at radius 1 is 1.13 bits per heavy atom. The molecule has 1 heterocycles. The molecule has 0 radical (unpaired) electrons. The molecule has 1 atom stereocenters. The van der Waals surface area contributed by atoms with Crippen molar-refractivity contribution in [2.24, 2.45) is 5.92 Å². The van der Waals surface area contributed by atoms with Gasteiger partial charge in [0.1, 0.15) is 12.4 Å². The number of anilines is 1. The molecule has 1 aliphatic rings. The average molecular weight is 310 g/mol. The Kier molecular flexibility index (Phi) is 4.28. The van der Waals surface area contributed by atoms with Crippen LogP contribution in [0, 0.1) is 5.92 Å². The fourth-order valence-electron chi connectivity index (χ4n) is 2.62. The molecule has 0 saturated heterocycles. The van der Waals surface area contributed by atoms with Crippen molar-refractivity contribution >= 4 is 17.5 Å². The third kappa shape index (κ3) is 3.34. The summed E-state index contributed by atoms with van der Waals surface area (Å²) in [5, 5.41) is 5.43. The number of carbonyl (C=O) groups is 2. The monoisotopic (exact) mass is 310 g/mol. The molecule has 2 aromatic carbocycles. The first-order chi connectivity index (χ1) is 11.2. The Labute approximate surface area is 134 Å². The molecule has 2 amide bonds. The highest BCUT2D eigenvalue weighted by molar-refractivity contribution is 5.97. The van der Waals surface area contributed by atoms with E-state index in [1.54, 1.807) is 31.3 Å². The van der Waals surface area contributed by atoms with Gasteiger partial charge in [0.15, 0.2) is 0 Å². The minimum Gasteiger partial charge on any atom is -0.492 e. The third-order valence-corrected chi connectivity index (χ3v) is 3.87. The van der Waals surface area contributed by atoms with Crippen molar-refractivity contribution in [1.82, 2.24) is 5.32 Å². The Morgan fingerprint density at radius 2 is 1.96 bits per heavy atom. The highest BCUT2D eigenvalue weighted by Crippen LogP contribution is 2.27. The van der Waals surface area contributed by atoms with Gasteiger partial charge in [-0.25, -0.2) is 0 Å². The minimum atomic E-state index is -0.242. The first kappa shape index (κ1) is 15.1. The highest BCUT2D eigenvalue weighted by Gasteiger charge is 2.25. The Bertz CT molecular complexity index is 743. The van der Waals surface area contributed by atoms with E-state index in [1.807, 2.05) is 24.3 Å². The van der Waals surface area contributed by atoms with E-state index in [2.05, 4.69) is 10.6 Å². The number of rotatable bonds is 3. The minimum absolute atomic E-state index is 0.103. The maximum absolute atomic E-state index is 12.4. The molecule has 0 saturated carbocycles. The van der Waals surface area contributed by atoms with E-state index in [1.165, 1.54) is 0 Å². The van der Waals surface area contributed by atoms with Crippen LogP contribution in [0.3, 0.4) is 0 Å². The van der Waals surface area contributed by atoms with Crippen LogP contribution in [0.25, 0.3) is 0 Å². The maximum Gasteiger partial charge on any atom is 0.251 e. The number of amides is 2. The summed E-state index contributed by atoms with van der Waals surface area (Å²) < 4.78 is 5.65. The molecule has 5 heteroatoms. The summed E-state index contributed by atoms with van der Waals surface area (Å²) in [6.45, 7) is 0.359. The van der Waals surface area contributed by atoms with E-state index in [0.717, 1.165) is 11.3 Å². The van der Waals surface area contributed by atoms with Gasteiger partial charge in [-0.05, 0) is 36.2 Å². The third-order valence-electron chi connectivity index (χ3n) is 3.87. The molecule has 3 rings (SSSR count). The lowest BCUT2D eigenvalue weighted by molar-refractivity contribution is -0.121. The summed E-state index contributed by atoms with van der Waals surface area (Å²) in [5.41, 5.74) is 2.16. The molecule has 0 aromatic heterocycles. The van der Waals surface area contributed by atoms with Crippen molar-refractivity contribution in [2.75, 3.05) is 19.0 Å². The van der Waals surface area contributed by atoms with Gasteiger partial charge < -0.3 is 15.4 Å². The van der Waals surface area contributed by atoms with Gasteiger partial charge in [-0.1, -0.05) is 24.3 Å². The van der Waals surface area contributed by atoms with Crippen molar-refractivity contribution in [3.8, 4) is 5.75 Å². The summed E-state index contributed by atoms with van der Waals surface area (Å²) in [6, 6.07) is 14.6. The quantitative estimate of drug-likeness (QED) is 0.913. The van der Waals surface area contributed by atoms with Crippen LogP contribution in [0.1, 0.15) is 15.9 Å². The predicted molar refractivity (Wildman–Crippen MR) is 87.6 cm³/mol. The zero-order chi connectivity index (χ0) is 16.2. The summed E-state index contributed by atoms with van der Waals surface area (Å²) >= 11 is 0. The smallest absolute Gasteiger partial charge is 0.251 e. The zero-order valence-corrected chi connectivity index (χ0v) is 12.8. The van der Waals surface area contributed by atoms with Crippen LogP contribution < -0.4 is 15.4 Å². The van der Waals surface area contributed by atoms with Crippen LogP contribution in [0.15, 0.2) is 48.5 Å². The van der Waals surface area contributed by atoms with Gasteiger partial charge in [-0.3, -0.25) is 9.59 Å². The summed E-state index contributed by atoms with van der Waals surface area (Å²) in [4.78, 5) is 24.1. The summed E-state index contributed by atoms with van der Waals surface area (Å²) in [7, 11) is 1.57. The molecule has 1 unspecified atom stereocenters. The summed E-state index contributed by atoms with van der Waals surface area (Å²) in [6.07, 6.45) is 0.650. The lowest BCUT2D eigenvalue weighted by atomic mass is 9.96. The van der Waals surface area contributed by atoms with E-state index in [9.17, 15) is 9.59 Å². The normalized spacial score (nSPS) is 16.0. The van der Waals surface area contributed by atoms with Gasteiger partial charge in [0.2, 0.25) is 5.91 Å². The summed E-state index contributed by atoms with van der Waals surface area (Å²) in [5.74, 6) is 0.316. The highest BCUT2D eigenvalue weighted by atomic mass is 16.5. The molecule has 5 nitrogen and oxygen atoms in total. The van der Waals surface area contributed by atoms with Gasteiger partial charge in [0, 0.05) is 18.3 Å². The maximum atomic E-state index is 12.4. The molecule has 0 fully saturated rings. The van der Waals surface area contributed by atoms with Crippen molar-refractivity contribution in [3.05, 3.63) is 59.7 Å². The topological polar surface area (TPSA) is 67.4 Å². The first-order valence-electron chi connectivity index (χ1n) is 7.51. The van der Waals surface area contributed by atoms with Crippen molar-refractivity contribution < 1.29 is 14.3 Å². The van der Waals surface area contributed by atoms with E-state index >= 15 is 0 Å². The second kappa shape index (κ2) is 6.52. The van der Waals surface area contributed by atoms with E-state index in [0.29, 0.717) is 24.3 Å². The van der Waals surface area contributed by atoms with E-state index in [-0.39, 0.29) is 17.7 Å². The molecule has 0 aliphatic carbocycles. The van der Waals surface area contributed by atoms with Gasteiger partial charge in [0.05, 0.1) is 5.92 Å². The molecule has 23 heavy (non-hydrogen) atoms. The Balaban J connectivity index is 1.69. The number of hydrogen-bond donors (Lipinski definition) is 2. The molecule has 1 aliphatic heterocycles. The number of nitrogens with one attached hydrogen (secondary N) is 2. The molecule has 118 valence electrons. The molecular weight excluding hydrogens is 292 g/mol. The van der Waals surface area contributed by atoms with Crippen LogP contribution in [0.2, 0.25) is 0 Å². The SMILES string of the molecule is CNC(=O)c1cccc(NC(=O)C2COc3ccccc3C2)c1. The first-order valence-corrected chi connectivity index (χ1v) is 7.51. The Hall–Kier alpha value is -2.82. The number of ether oxygens (including phenoxy) is 1. The molecular formula is C18H18N2O3. The van der Waals surface area contributed by atoms with Crippen LogP contribution in [0.4, 0.5) is 5.69 Å². The second-order valence-electron chi connectivity index (χ2n) is 5.47. The fraction of sp³-hybridized carbons (Fsp3) is 0.222. The van der Waals surface area contributed by atoms with Crippen LogP contribution >= 0.6 is 0 Å². The number of para-hydroxylation sites is 1. The number of hydrogen-bond acceptors (Lipinski definition) is 3. The van der Waals surface area contributed by atoms with Crippen LogP contribution in [-0.2, 0) is 11.2 Å². The van der Waals surface area contributed by atoms with Crippen LogP contribution in [-0.4, -0.2) is 25.5 Å². The lowest BCUT2D eigenvalue weighted by Gasteiger charge is -2.24. The molecule has 0 bridgehead atoms. The fourth-order valence-corrected chi connectivity index (χ4v) is 2.62. The van der Waals surface area contributed by atoms with E-state index in [4.69, 9.17) is 4.74 Å². The van der Waals surface area contributed by atoms with Crippen molar-refractivity contribution in [3.63, 3.8) is 0 Å². The standard InChI is InChI=1S/C18H18N2O3/c1-19-17(21)13-6-4-7-15(10-13)20-18(22)14-9-12-5-2-3-8-16(12)23-11-14/h2-8,10,14H,9,11H2,1H3,(H,19,21)(H,20,22). The molecule has 2 N–H and O–H groups in total. The second-order valence-corrected chi connectivity index (χ2v) is 5.47. The van der Waals surface area contributed by atoms with Crippen molar-refractivity contribution in [2.45, 2.75) is 6.42 Å². The molecule has 2 aromatic rings. The Morgan fingerprint density at radius 3 is 2.78 bits per heavy atom. The van der Waals surface area contributed by atoms with Gasteiger partial charge in [0.25, 0.3) is 5.91 Å². The van der Waals surface area contributed by atoms with Crippen LogP contribution in [0.5, 0.6) is 5.75 Å². The average Bonchev–Trinajstić information content (AvgIpc) is 2.60. The van der Waals surface area contributed by atoms with Crippen molar-refractivity contribution in [1.29, 1.82) is 0 Å². The van der Waals surface area contributed by atoms with Gasteiger partial charge in [-0.15, -0.1) is 0 Å². The largest absolute Gasteiger partial charge is 0.492 e. The number of benzene rings is 2. The van der Waals surface area contributed by atoms with Gasteiger partial charge >= 0.3 is 0 Å². The number of fused-ring (bicyclic) bond motifs is 1. The number of carbonyl (C=O) groups excluding carboxylic acids is 2. The predicted octanol–water partition coefficient (Wildman–Crippen LogP) is 2.24. The molecule has 0 spiro atoms. The van der Waals surface area contributed by atoms with E-state index < -0.39 is 0 Å². The zero-order valence-electron chi connectivity index (χ0n) is 12.8.